The zero-order chi connectivity index (χ0) is 12.5. The van der Waals surface area contributed by atoms with Gasteiger partial charge in [-0.25, -0.2) is 0 Å². The number of benzene rings is 2. The smallest absolute Gasteiger partial charge is 0.115 e. The molecule has 0 spiro atoms. The largest absolute Gasteiger partial charge is 0.508 e. The maximum absolute atomic E-state index is 9.30. The van der Waals surface area contributed by atoms with Crippen molar-refractivity contribution in [2.75, 3.05) is 0 Å². The number of aromatic amines is 1. The topological polar surface area (TPSA) is 36.0 Å². The molecule has 89 valence electrons. The average Bonchev–Trinajstić information content (AvgIpc) is 2.82. The van der Waals surface area contributed by atoms with Crippen molar-refractivity contribution in [2.24, 2.45) is 0 Å². The fraction of sp³-hybridized carbons (Fsp3) is 0.0625. The van der Waals surface area contributed by atoms with Gasteiger partial charge in [-0.3, -0.25) is 0 Å². The molecular formula is C16H14NO. The van der Waals surface area contributed by atoms with Crippen molar-refractivity contribution < 1.29 is 5.11 Å². The van der Waals surface area contributed by atoms with Crippen LogP contribution in [-0.4, -0.2) is 10.1 Å². The van der Waals surface area contributed by atoms with E-state index in [1.54, 1.807) is 12.1 Å². The standard InChI is InChI=1S/C16H14NO/c1-11(12-6-8-14(18)9-7-12)16-10-13-4-2-3-5-15(13)17-16/h2-11,17-18H,1H2. The lowest BCUT2D eigenvalue weighted by atomic mass is 9.98. The van der Waals surface area contributed by atoms with Crippen molar-refractivity contribution in [1.29, 1.82) is 0 Å². The molecule has 0 aliphatic rings. The maximum Gasteiger partial charge on any atom is 0.115 e. The first-order chi connectivity index (χ1) is 8.74. The van der Waals surface area contributed by atoms with Gasteiger partial charge in [-0.1, -0.05) is 30.3 Å². The second-order valence-electron chi connectivity index (χ2n) is 4.46. The van der Waals surface area contributed by atoms with E-state index in [1.165, 1.54) is 5.39 Å². The lowest BCUT2D eigenvalue weighted by Gasteiger charge is -2.09. The Labute approximate surface area is 106 Å². The molecule has 2 nitrogen and oxygen atoms in total. The zero-order valence-electron chi connectivity index (χ0n) is 9.93. The van der Waals surface area contributed by atoms with E-state index in [0.717, 1.165) is 16.8 Å². The second-order valence-corrected chi connectivity index (χ2v) is 4.46. The van der Waals surface area contributed by atoms with Gasteiger partial charge in [-0.05, 0) is 42.1 Å². The van der Waals surface area contributed by atoms with Crippen LogP contribution in [-0.2, 0) is 0 Å². The van der Waals surface area contributed by atoms with Gasteiger partial charge >= 0.3 is 0 Å². The van der Waals surface area contributed by atoms with Crippen LogP contribution < -0.4 is 0 Å². The highest BCUT2D eigenvalue weighted by molar-refractivity contribution is 5.80. The summed E-state index contributed by atoms with van der Waals surface area (Å²) < 4.78 is 0. The summed E-state index contributed by atoms with van der Waals surface area (Å²) >= 11 is 0. The molecule has 1 atom stereocenters. The minimum Gasteiger partial charge on any atom is -0.508 e. The number of aromatic nitrogens is 1. The summed E-state index contributed by atoms with van der Waals surface area (Å²) in [5, 5.41) is 10.5. The van der Waals surface area contributed by atoms with Gasteiger partial charge < -0.3 is 10.1 Å². The van der Waals surface area contributed by atoms with E-state index in [1.807, 2.05) is 24.3 Å². The first kappa shape index (κ1) is 10.9. The number of fused-ring (bicyclic) bond motifs is 1. The van der Waals surface area contributed by atoms with Crippen LogP contribution in [0.5, 0.6) is 5.75 Å². The molecule has 3 rings (SSSR count). The Kier molecular flexibility index (Phi) is 2.56. The van der Waals surface area contributed by atoms with Crippen LogP contribution in [0.1, 0.15) is 17.2 Å². The van der Waals surface area contributed by atoms with Crippen LogP contribution in [0.2, 0.25) is 0 Å². The van der Waals surface area contributed by atoms with E-state index in [-0.39, 0.29) is 11.7 Å². The van der Waals surface area contributed by atoms with Gasteiger partial charge in [-0.15, -0.1) is 0 Å². The molecular weight excluding hydrogens is 222 g/mol. The summed E-state index contributed by atoms with van der Waals surface area (Å²) in [6.45, 7) is 4.19. The molecule has 3 aromatic rings. The predicted octanol–water partition coefficient (Wildman–Crippen LogP) is 3.84. The molecule has 1 unspecified atom stereocenters. The summed E-state index contributed by atoms with van der Waals surface area (Å²) in [6.07, 6.45) is 0. The van der Waals surface area contributed by atoms with E-state index >= 15 is 0 Å². The van der Waals surface area contributed by atoms with Gasteiger partial charge in [0.25, 0.3) is 0 Å². The fourth-order valence-electron chi connectivity index (χ4n) is 2.17. The summed E-state index contributed by atoms with van der Waals surface area (Å²) in [6, 6.07) is 17.5. The van der Waals surface area contributed by atoms with Gasteiger partial charge in [0.2, 0.25) is 0 Å². The van der Waals surface area contributed by atoms with Crippen LogP contribution in [0.15, 0.2) is 54.6 Å². The summed E-state index contributed by atoms with van der Waals surface area (Å²) in [4.78, 5) is 3.38. The fourth-order valence-corrected chi connectivity index (χ4v) is 2.17. The first-order valence-electron chi connectivity index (χ1n) is 5.94. The van der Waals surface area contributed by atoms with E-state index in [9.17, 15) is 5.11 Å². The number of H-pyrrole nitrogens is 1. The van der Waals surface area contributed by atoms with Crippen LogP contribution >= 0.6 is 0 Å². The third-order valence-corrected chi connectivity index (χ3v) is 3.22. The quantitative estimate of drug-likeness (QED) is 0.696. The van der Waals surface area contributed by atoms with Crippen molar-refractivity contribution in [3.63, 3.8) is 0 Å². The second kappa shape index (κ2) is 4.22. The number of nitrogens with one attached hydrogen (secondary N) is 1. The Bertz CT molecular complexity index is 634. The third-order valence-electron chi connectivity index (χ3n) is 3.22. The first-order valence-corrected chi connectivity index (χ1v) is 5.94. The van der Waals surface area contributed by atoms with Crippen molar-refractivity contribution in [3.05, 3.63) is 72.8 Å². The molecule has 0 saturated heterocycles. The van der Waals surface area contributed by atoms with Gasteiger partial charge in [0, 0.05) is 17.1 Å². The highest BCUT2D eigenvalue weighted by Crippen LogP contribution is 2.27. The van der Waals surface area contributed by atoms with E-state index in [0.29, 0.717) is 0 Å². The van der Waals surface area contributed by atoms with Crippen molar-refractivity contribution in [3.8, 4) is 5.75 Å². The molecule has 1 aromatic heterocycles. The van der Waals surface area contributed by atoms with Crippen LogP contribution in [0, 0.1) is 6.92 Å². The summed E-state index contributed by atoms with van der Waals surface area (Å²) in [5.74, 6) is 0.320. The number of para-hydroxylation sites is 1. The Balaban J connectivity index is 2.00. The Morgan fingerprint density at radius 3 is 2.44 bits per heavy atom. The minimum absolute atomic E-state index is 0.0398. The monoisotopic (exact) mass is 236 g/mol. The number of rotatable bonds is 2. The molecule has 0 bridgehead atoms. The molecule has 2 aromatic carbocycles. The molecule has 0 saturated carbocycles. The normalized spacial score (nSPS) is 12.7. The number of hydrogen-bond acceptors (Lipinski definition) is 1. The van der Waals surface area contributed by atoms with Gasteiger partial charge in [0.1, 0.15) is 5.75 Å². The number of hydrogen-bond donors (Lipinski definition) is 2. The zero-order valence-corrected chi connectivity index (χ0v) is 9.93. The van der Waals surface area contributed by atoms with E-state index < -0.39 is 0 Å². The molecule has 18 heavy (non-hydrogen) atoms. The van der Waals surface area contributed by atoms with Crippen molar-refractivity contribution in [2.45, 2.75) is 5.92 Å². The summed E-state index contributed by atoms with van der Waals surface area (Å²) in [7, 11) is 0. The lowest BCUT2D eigenvalue weighted by molar-refractivity contribution is 0.475. The van der Waals surface area contributed by atoms with Crippen LogP contribution in [0.3, 0.4) is 0 Å². The highest BCUT2D eigenvalue weighted by Gasteiger charge is 2.11. The average molecular weight is 236 g/mol. The number of phenols is 1. The molecule has 0 aliphatic carbocycles. The van der Waals surface area contributed by atoms with Gasteiger partial charge in [0.05, 0.1) is 0 Å². The molecule has 0 amide bonds. The molecule has 2 heteroatoms. The Hall–Kier alpha value is -2.22. The number of aromatic hydroxyl groups is 1. The van der Waals surface area contributed by atoms with E-state index in [2.05, 4.69) is 30.1 Å². The SMILES string of the molecule is [CH2]C(c1ccc(O)cc1)c1cc2ccccc2[nH]1. The third kappa shape index (κ3) is 1.86. The molecule has 1 radical (unpaired) electrons. The maximum atomic E-state index is 9.30. The molecule has 1 heterocycles. The highest BCUT2D eigenvalue weighted by atomic mass is 16.3. The Morgan fingerprint density at radius 1 is 1.00 bits per heavy atom. The predicted molar refractivity (Wildman–Crippen MR) is 73.6 cm³/mol. The molecule has 0 aliphatic heterocycles. The van der Waals surface area contributed by atoms with Gasteiger partial charge in [0.15, 0.2) is 0 Å². The molecule has 0 fully saturated rings. The van der Waals surface area contributed by atoms with Crippen molar-refractivity contribution in [1.82, 2.24) is 4.98 Å². The molecule has 2 N–H and O–H groups in total. The van der Waals surface area contributed by atoms with E-state index in [4.69, 9.17) is 0 Å². The van der Waals surface area contributed by atoms with Crippen LogP contribution in [0.25, 0.3) is 10.9 Å². The summed E-state index contributed by atoms with van der Waals surface area (Å²) in [5.41, 5.74) is 3.29. The van der Waals surface area contributed by atoms with Crippen molar-refractivity contribution >= 4 is 10.9 Å². The Morgan fingerprint density at radius 2 is 1.72 bits per heavy atom. The van der Waals surface area contributed by atoms with Crippen LogP contribution in [0.4, 0.5) is 0 Å². The minimum atomic E-state index is 0.0398. The number of phenolic OH excluding ortho intramolecular Hbond substituents is 1. The van der Waals surface area contributed by atoms with Gasteiger partial charge in [-0.2, -0.15) is 0 Å². The lowest BCUT2D eigenvalue weighted by Crippen LogP contribution is -1.95.